The number of carbonyl (C=O) groups is 3. The molecule has 0 aromatic carbocycles. The molecule has 22 heavy (non-hydrogen) atoms. The second-order valence-corrected chi connectivity index (χ2v) is 6.71. The van der Waals surface area contributed by atoms with Crippen molar-refractivity contribution in [3.63, 3.8) is 0 Å². The summed E-state index contributed by atoms with van der Waals surface area (Å²) in [6.07, 6.45) is -0.279. The third kappa shape index (κ3) is 5.91. The average molecular weight is 314 g/mol. The van der Waals surface area contributed by atoms with Crippen molar-refractivity contribution >= 4 is 18.0 Å². The Morgan fingerprint density at radius 3 is 2.59 bits per heavy atom. The molecule has 1 fully saturated rings. The lowest BCUT2D eigenvalue weighted by molar-refractivity contribution is -0.145. The number of nitrogens with zero attached hydrogens (tertiary/aromatic N) is 1. The molecule has 7 nitrogen and oxygen atoms in total. The van der Waals surface area contributed by atoms with Crippen LogP contribution in [0.25, 0.3) is 0 Å². The van der Waals surface area contributed by atoms with Crippen LogP contribution in [0.4, 0.5) is 4.79 Å². The number of hydrogen-bond acceptors (Lipinski definition) is 5. The summed E-state index contributed by atoms with van der Waals surface area (Å²) in [5.74, 6) is -0.730. The van der Waals surface area contributed by atoms with E-state index in [0.717, 1.165) is 0 Å². The van der Waals surface area contributed by atoms with Gasteiger partial charge in [-0.05, 0) is 26.7 Å². The number of rotatable bonds is 5. The lowest BCUT2D eigenvalue weighted by Gasteiger charge is -2.23. The molecular weight excluding hydrogens is 288 g/mol. The van der Waals surface area contributed by atoms with Crippen LogP contribution in [-0.2, 0) is 19.1 Å². The lowest BCUT2D eigenvalue weighted by atomic mass is 10.1. The molecule has 0 spiro atoms. The van der Waals surface area contributed by atoms with Gasteiger partial charge in [0.25, 0.3) is 0 Å². The summed E-state index contributed by atoms with van der Waals surface area (Å²) >= 11 is 0. The Bertz CT molecular complexity index is 430. The normalized spacial score (nSPS) is 19.8. The highest BCUT2D eigenvalue weighted by Crippen LogP contribution is 2.20. The molecule has 2 unspecified atom stereocenters. The van der Waals surface area contributed by atoms with Crippen molar-refractivity contribution in [2.45, 2.75) is 39.7 Å². The number of likely N-dealkylation sites (tertiary alicyclic amines) is 1. The predicted octanol–water partition coefficient (Wildman–Crippen LogP) is 1.17. The van der Waals surface area contributed by atoms with Crippen LogP contribution in [0.3, 0.4) is 0 Å². The van der Waals surface area contributed by atoms with E-state index >= 15 is 0 Å². The topological polar surface area (TPSA) is 84.9 Å². The number of nitrogens with one attached hydrogen (secondary N) is 1. The molecule has 2 amide bonds. The molecule has 2 atom stereocenters. The minimum Gasteiger partial charge on any atom is -0.469 e. The second-order valence-electron chi connectivity index (χ2n) is 6.71. The summed E-state index contributed by atoms with van der Waals surface area (Å²) in [6.45, 7) is 8.59. The highest BCUT2D eigenvalue weighted by Gasteiger charge is 2.35. The van der Waals surface area contributed by atoms with Gasteiger partial charge >= 0.3 is 12.1 Å². The van der Waals surface area contributed by atoms with E-state index < -0.39 is 11.7 Å². The summed E-state index contributed by atoms with van der Waals surface area (Å²) in [4.78, 5) is 36.5. The first-order chi connectivity index (χ1) is 10.1. The van der Waals surface area contributed by atoms with E-state index in [1.54, 1.807) is 25.7 Å². The predicted molar refractivity (Wildman–Crippen MR) is 80.1 cm³/mol. The van der Waals surface area contributed by atoms with E-state index in [0.29, 0.717) is 19.6 Å². The minimum atomic E-state index is -0.536. The fraction of sp³-hybridized carbons (Fsp3) is 0.800. The number of alkyl carbamates (subject to hydrolysis) is 1. The molecule has 0 bridgehead atoms. The Hall–Kier alpha value is -1.79. The minimum absolute atomic E-state index is 0.0560. The van der Waals surface area contributed by atoms with E-state index in [4.69, 9.17) is 4.74 Å². The van der Waals surface area contributed by atoms with Crippen LogP contribution in [-0.4, -0.2) is 55.2 Å². The lowest BCUT2D eigenvalue weighted by Crippen LogP contribution is -2.38. The van der Waals surface area contributed by atoms with Crippen molar-refractivity contribution < 1.29 is 23.9 Å². The Labute approximate surface area is 131 Å². The van der Waals surface area contributed by atoms with Gasteiger partial charge in [0.05, 0.1) is 13.0 Å². The first-order valence-electron chi connectivity index (χ1n) is 7.45. The quantitative estimate of drug-likeness (QED) is 0.770. The standard InChI is InChI=1S/C15H26N2O5/c1-10(7-16-14(20)22-15(2,3)4)8-17-9-11(6-12(17)18)13(19)21-5/h10-11H,6-9H2,1-5H3,(H,16,20). The summed E-state index contributed by atoms with van der Waals surface area (Å²) in [7, 11) is 1.32. The maximum absolute atomic E-state index is 11.9. The third-order valence-electron chi connectivity index (χ3n) is 3.27. The fourth-order valence-electron chi connectivity index (χ4n) is 2.29. The van der Waals surface area contributed by atoms with Crippen LogP contribution in [0.15, 0.2) is 0 Å². The Balaban J connectivity index is 2.36. The van der Waals surface area contributed by atoms with Gasteiger partial charge in [-0.3, -0.25) is 9.59 Å². The Morgan fingerprint density at radius 2 is 2.05 bits per heavy atom. The molecule has 0 saturated carbocycles. The fourth-order valence-corrected chi connectivity index (χ4v) is 2.29. The molecule has 1 aliphatic rings. The zero-order chi connectivity index (χ0) is 16.9. The number of hydrogen-bond donors (Lipinski definition) is 1. The highest BCUT2D eigenvalue weighted by molar-refractivity contribution is 5.86. The summed E-state index contributed by atoms with van der Waals surface area (Å²) < 4.78 is 9.82. The van der Waals surface area contributed by atoms with Crippen LogP contribution in [0.1, 0.15) is 34.1 Å². The van der Waals surface area contributed by atoms with Crippen LogP contribution in [0.2, 0.25) is 0 Å². The van der Waals surface area contributed by atoms with Gasteiger partial charge < -0.3 is 19.7 Å². The van der Waals surface area contributed by atoms with E-state index in [1.807, 2.05) is 6.92 Å². The van der Waals surface area contributed by atoms with Crippen LogP contribution in [0.5, 0.6) is 0 Å². The van der Waals surface area contributed by atoms with Crippen LogP contribution >= 0.6 is 0 Å². The second kappa shape index (κ2) is 7.47. The van der Waals surface area contributed by atoms with Crippen molar-refractivity contribution in [2.75, 3.05) is 26.7 Å². The number of ether oxygens (including phenoxy) is 2. The Kier molecular flexibility index (Phi) is 6.20. The molecule has 0 aliphatic carbocycles. The maximum atomic E-state index is 11.9. The van der Waals surface area contributed by atoms with Gasteiger partial charge in [0.2, 0.25) is 5.91 Å². The van der Waals surface area contributed by atoms with Crippen molar-refractivity contribution in [1.82, 2.24) is 10.2 Å². The van der Waals surface area contributed by atoms with Gasteiger partial charge in [0.1, 0.15) is 5.60 Å². The molecule has 1 aliphatic heterocycles. The third-order valence-corrected chi connectivity index (χ3v) is 3.27. The monoisotopic (exact) mass is 314 g/mol. The molecule has 7 heteroatoms. The number of esters is 1. The van der Waals surface area contributed by atoms with Crippen LogP contribution in [0, 0.1) is 11.8 Å². The molecule has 0 radical (unpaired) electrons. The molecule has 0 aromatic heterocycles. The molecule has 0 aromatic rings. The molecular formula is C15H26N2O5. The zero-order valence-electron chi connectivity index (χ0n) is 14.0. The first kappa shape index (κ1) is 18.3. The van der Waals surface area contributed by atoms with Crippen molar-refractivity contribution in [3.8, 4) is 0 Å². The number of methoxy groups -OCH3 is 1. The first-order valence-corrected chi connectivity index (χ1v) is 7.45. The largest absolute Gasteiger partial charge is 0.469 e. The molecule has 1 N–H and O–H groups in total. The van der Waals surface area contributed by atoms with E-state index in [-0.39, 0.29) is 30.1 Å². The van der Waals surface area contributed by atoms with E-state index in [2.05, 4.69) is 10.1 Å². The number of amides is 2. The molecule has 1 rings (SSSR count). The van der Waals surface area contributed by atoms with Gasteiger partial charge in [0, 0.05) is 26.1 Å². The van der Waals surface area contributed by atoms with Gasteiger partial charge in [-0.1, -0.05) is 6.92 Å². The van der Waals surface area contributed by atoms with Crippen molar-refractivity contribution in [1.29, 1.82) is 0 Å². The van der Waals surface area contributed by atoms with Crippen LogP contribution < -0.4 is 5.32 Å². The van der Waals surface area contributed by atoms with Gasteiger partial charge in [-0.15, -0.1) is 0 Å². The number of carbonyl (C=O) groups excluding carboxylic acids is 3. The van der Waals surface area contributed by atoms with Gasteiger partial charge in [-0.2, -0.15) is 0 Å². The zero-order valence-corrected chi connectivity index (χ0v) is 14.0. The van der Waals surface area contributed by atoms with Gasteiger partial charge in [0.15, 0.2) is 0 Å². The SMILES string of the molecule is COC(=O)C1CC(=O)N(CC(C)CNC(=O)OC(C)(C)C)C1. The summed E-state index contributed by atoms with van der Waals surface area (Å²) in [5.41, 5.74) is -0.536. The highest BCUT2D eigenvalue weighted by atomic mass is 16.6. The summed E-state index contributed by atoms with van der Waals surface area (Å²) in [5, 5.41) is 2.68. The van der Waals surface area contributed by atoms with E-state index in [9.17, 15) is 14.4 Å². The smallest absolute Gasteiger partial charge is 0.407 e. The molecule has 126 valence electrons. The van der Waals surface area contributed by atoms with Gasteiger partial charge in [-0.25, -0.2) is 4.79 Å². The van der Waals surface area contributed by atoms with Crippen molar-refractivity contribution in [2.24, 2.45) is 11.8 Å². The molecule has 1 saturated heterocycles. The average Bonchev–Trinajstić information content (AvgIpc) is 2.75. The molecule has 1 heterocycles. The Morgan fingerprint density at radius 1 is 1.41 bits per heavy atom. The van der Waals surface area contributed by atoms with Crippen molar-refractivity contribution in [3.05, 3.63) is 0 Å². The maximum Gasteiger partial charge on any atom is 0.407 e. The summed E-state index contributed by atoms with van der Waals surface area (Å²) in [6, 6.07) is 0. The van der Waals surface area contributed by atoms with E-state index in [1.165, 1.54) is 7.11 Å².